The second kappa shape index (κ2) is 12.3. The summed E-state index contributed by atoms with van der Waals surface area (Å²) in [6.45, 7) is 0.778. The molecule has 0 radical (unpaired) electrons. The highest BCUT2D eigenvalue weighted by Crippen LogP contribution is 2.37. The van der Waals surface area contributed by atoms with Gasteiger partial charge in [0, 0.05) is 12.4 Å². The second-order valence-corrected chi connectivity index (χ2v) is 11.1. The summed E-state index contributed by atoms with van der Waals surface area (Å²) in [5, 5.41) is 0. The molecule has 1 aliphatic rings. The zero-order chi connectivity index (χ0) is 28.8. The first-order valence-corrected chi connectivity index (χ1v) is 14.9. The predicted molar refractivity (Wildman–Crippen MR) is 178 cm³/mol. The van der Waals surface area contributed by atoms with Gasteiger partial charge in [0.25, 0.3) is 0 Å². The fraction of sp³-hybridized carbons (Fsp3) is 0.0732. The quantitative estimate of drug-likeness (QED) is 0.185. The largest absolute Gasteiger partial charge is 0.348 e. The highest BCUT2D eigenvalue weighted by Gasteiger charge is 2.29. The minimum atomic E-state index is 0.101. The Morgan fingerprint density at radius 1 is 0.302 bits per heavy atom. The summed E-state index contributed by atoms with van der Waals surface area (Å²) in [5.74, 6) is 0. The fourth-order valence-electron chi connectivity index (χ4n) is 6.19. The molecule has 2 atom stereocenters. The molecule has 6 aromatic rings. The van der Waals surface area contributed by atoms with Crippen molar-refractivity contribution in [3.05, 3.63) is 205 Å². The Morgan fingerprint density at radius 3 is 0.930 bits per heavy atom. The van der Waals surface area contributed by atoms with E-state index in [1.165, 1.54) is 44.5 Å². The minimum Gasteiger partial charge on any atom is -0.348 e. The Morgan fingerprint density at radius 2 is 0.581 bits per heavy atom. The van der Waals surface area contributed by atoms with Gasteiger partial charge < -0.3 is 9.80 Å². The molecule has 0 saturated carbocycles. The van der Waals surface area contributed by atoms with Gasteiger partial charge in [0.15, 0.2) is 0 Å². The highest BCUT2D eigenvalue weighted by molar-refractivity contribution is 5.64. The van der Waals surface area contributed by atoms with Gasteiger partial charge in [0.05, 0.1) is 18.8 Å². The van der Waals surface area contributed by atoms with Gasteiger partial charge in [-0.1, -0.05) is 170 Å². The van der Waals surface area contributed by atoms with E-state index in [0.29, 0.717) is 0 Å². The van der Waals surface area contributed by atoms with E-state index in [-0.39, 0.29) is 12.1 Å². The van der Waals surface area contributed by atoms with Gasteiger partial charge in [-0.05, 0) is 44.5 Å². The van der Waals surface area contributed by atoms with Crippen LogP contribution in [0.2, 0.25) is 0 Å². The minimum absolute atomic E-state index is 0.101. The molecule has 2 heteroatoms. The van der Waals surface area contributed by atoms with Gasteiger partial charge in [-0.25, -0.2) is 0 Å². The standard InChI is InChI=1S/C41H34N2/c1-5-13-32(14-6-1)34-21-25-38(26-22-34)40(36-17-9-3-10-18-36)42-29-30-43(31-42)41(37-19-11-4-12-20-37)39-27-23-35(24-28-39)33-15-7-2-8-16-33/h1-30,40-41H,31H2. The highest BCUT2D eigenvalue weighted by atomic mass is 15.4. The van der Waals surface area contributed by atoms with Crippen LogP contribution < -0.4 is 0 Å². The first kappa shape index (κ1) is 26.6. The molecule has 2 nitrogen and oxygen atoms in total. The molecule has 0 aromatic heterocycles. The number of nitrogens with zero attached hydrogens (tertiary/aromatic N) is 2. The summed E-state index contributed by atoms with van der Waals surface area (Å²) in [6.07, 6.45) is 4.52. The maximum absolute atomic E-state index is 2.46. The normalized spacial score (nSPS) is 14.0. The van der Waals surface area contributed by atoms with Crippen LogP contribution in [0.1, 0.15) is 34.3 Å². The van der Waals surface area contributed by atoms with Gasteiger partial charge in [-0.2, -0.15) is 0 Å². The number of rotatable bonds is 8. The molecule has 43 heavy (non-hydrogen) atoms. The molecular formula is C41H34N2. The Bertz CT molecular complexity index is 1630. The van der Waals surface area contributed by atoms with Crippen LogP contribution in [-0.4, -0.2) is 16.5 Å². The van der Waals surface area contributed by atoms with E-state index < -0.39 is 0 Å². The van der Waals surface area contributed by atoms with Crippen molar-refractivity contribution in [2.24, 2.45) is 0 Å². The van der Waals surface area contributed by atoms with Crippen LogP contribution in [0, 0.1) is 0 Å². The molecule has 0 spiro atoms. The Labute approximate surface area is 254 Å². The smallest absolute Gasteiger partial charge is 0.0911 e. The zero-order valence-corrected chi connectivity index (χ0v) is 24.1. The van der Waals surface area contributed by atoms with E-state index in [0.717, 1.165) is 6.67 Å². The second-order valence-electron chi connectivity index (χ2n) is 11.1. The molecular weight excluding hydrogens is 520 g/mol. The van der Waals surface area contributed by atoms with Gasteiger partial charge in [-0.3, -0.25) is 0 Å². The topological polar surface area (TPSA) is 6.48 Å². The first-order chi connectivity index (χ1) is 21.3. The summed E-state index contributed by atoms with van der Waals surface area (Å²) in [5.41, 5.74) is 10.1. The fourth-order valence-corrected chi connectivity index (χ4v) is 6.19. The van der Waals surface area contributed by atoms with Gasteiger partial charge in [0.2, 0.25) is 0 Å². The lowest BCUT2D eigenvalue weighted by Gasteiger charge is -2.34. The summed E-state index contributed by atoms with van der Waals surface area (Å²) < 4.78 is 0. The third kappa shape index (κ3) is 5.73. The van der Waals surface area contributed by atoms with E-state index >= 15 is 0 Å². The maximum Gasteiger partial charge on any atom is 0.0911 e. The molecule has 1 heterocycles. The Hall–Kier alpha value is -5.34. The molecule has 0 fully saturated rings. The lowest BCUT2D eigenvalue weighted by molar-refractivity contribution is 0.207. The third-order valence-electron chi connectivity index (χ3n) is 8.34. The van der Waals surface area contributed by atoms with Gasteiger partial charge >= 0.3 is 0 Å². The van der Waals surface area contributed by atoms with Crippen molar-refractivity contribution in [2.75, 3.05) is 6.67 Å². The molecule has 6 aromatic carbocycles. The monoisotopic (exact) mass is 554 g/mol. The van der Waals surface area contributed by atoms with E-state index in [2.05, 4.69) is 192 Å². The third-order valence-corrected chi connectivity index (χ3v) is 8.34. The lowest BCUT2D eigenvalue weighted by atomic mass is 9.94. The van der Waals surface area contributed by atoms with Crippen LogP contribution in [0.3, 0.4) is 0 Å². The summed E-state index contributed by atoms with van der Waals surface area (Å²) in [4.78, 5) is 4.92. The molecule has 2 unspecified atom stereocenters. The van der Waals surface area contributed by atoms with Crippen molar-refractivity contribution in [1.82, 2.24) is 9.80 Å². The van der Waals surface area contributed by atoms with Crippen LogP contribution >= 0.6 is 0 Å². The molecule has 0 saturated heterocycles. The molecule has 0 amide bonds. The van der Waals surface area contributed by atoms with E-state index in [1.54, 1.807) is 0 Å². The Balaban J connectivity index is 1.20. The van der Waals surface area contributed by atoms with Crippen molar-refractivity contribution < 1.29 is 0 Å². The first-order valence-electron chi connectivity index (χ1n) is 14.9. The van der Waals surface area contributed by atoms with Crippen molar-refractivity contribution in [3.8, 4) is 22.3 Å². The molecule has 0 N–H and O–H groups in total. The van der Waals surface area contributed by atoms with Crippen molar-refractivity contribution in [1.29, 1.82) is 0 Å². The number of hydrogen-bond acceptors (Lipinski definition) is 2. The summed E-state index contributed by atoms with van der Waals surface area (Å²) >= 11 is 0. The van der Waals surface area contributed by atoms with Crippen molar-refractivity contribution in [3.63, 3.8) is 0 Å². The van der Waals surface area contributed by atoms with Crippen LogP contribution in [0.15, 0.2) is 182 Å². The average Bonchev–Trinajstić information content (AvgIpc) is 3.56. The number of benzene rings is 6. The van der Waals surface area contributed by atoms with Gasteiger partial charge in [0.1, 0.15) is 0 Å². The Kier molecular flexibility index (Phi) is 7.57. The molecule has 0 aliphatic carbocycles. The van der Waals surface area contributed by atoms with Crippen LogP contribution in [0.25, 0.3) is 22.3 Å². The van der Waals surface area contributed by atoms with Crippen LogP contribution in [-0.2, 0) is 0 Å². The van der Waals surface area contributed by atoms with E-state index in [9.17, 15) is 0 Å². The van der Waals surface area contributed by atoms with Crippen molar-refractivity contribution >= 4 is 0 Å². The van der Waals surface area contributed by atoms with Crippen LogP contribution in [0.4, 0.5) is 0 Å². The van der Waals surface area contributed by atoms with Crippen LogP contribution in [0.5, 0.6) is 0 Å². The molecule has 7 rings (SSSR count). The molecule has 208 valence electrons. The zero-order valence-electron chi connectivity index (χ0n) is 24.1. The number of hydrogen-bond donors (Lipinski definition) is 0. The van der Waals surface area contributed by atoms with E-state index in [1.807, 2.05) is 0 Å². The summed E-state index contributed by atoms with van der Waals surface area (Å²) in [7, 11) is 0. The van der Waals surface area contributed by atoms with E-state index in [4.69, 9.17) is 0 Å². The maximum atomic E-state index is 2.46. The van der Waals surface area contributed by atoms with Crippen molar-refractivity contribution in [2.45, 2.75) is 12.1 Å². The lowest BCUT2D eigenvalue weighted by Crippen LogP contribution is -2.32. The SMILES string of the molecule is C1=CN(C(c2ccccc2)c2ccc(-c3ccccc3)cc2)CN1C(c1ccccc1)c1ccc(-c2ccccc2)cc1. The molecule has 0 bridgehead atoms. The molecule has 1 aliphatic heterocycles. The average molecular weight is 555 g/mol. The van der Waals surface area contributed by atoms with Gasteiger partial charge in [-0.15, -0.1) is 0 Å². The predicted octanol–water partition coefficient (Wildman–Crippen LogP) is 9.95. The summed E-state index contributed by atoms with van der Waals surface area (Å²) in [6, 6.07) is 61.2.